The molecule has 0 atom stereocenters. The van der Waals surface area contributed by atoms with Gasteiger partial charge < -0.3 is 9.67 Å². The first kappa shape index (κ1) is 11.9. The Labute approximate surface area is 103 Å². The second-order valence-corrected chi connectivity index (χ2v) is 3.72. The lowest BCUT2D eigenvalue weighted by Gasteiger charge is -2.08. The first-order valence-corrected chi connectivity index (χ1v) is 5.19. The molecule has 0 aliphatic heterocycles. The highest BCUT2D eigenvalue weighted by molar-refractivity contribution is 5.85. The predicted molar refractivity (Wildman–Crippen MR) is 61.6 cm³/mol. The van der Waals surface area contributed by atoms with E-state index in [1.54, 1.807) is 24.4 Å². The molecule has 1 aromatic heterocycles. The highest BCUT2D eigenvalue weighted by atomic mass is 19.1. The fourth-order valence-electron chi connectivity index (χ4n) is 1.72. The van der Waals surface area contributed by atoms with Gasteiger partial charge in [-0.05, 0) is 18.2 Å². The molecule has 0 radical (unpaired) electrons. The van der Waals surface area contributed by atoms with Gasteiger partial charge in [0.25, 0.3) is 0 Å². The summed E-state index contributed by atoms with van der Waals surface area (Å²) in [6, 6.07) is 9.25. The maximum atomic E-state index is 13.8. The van der Waals surface area contributed by atoms with Gasteiger partial charge >= 0.3 is 5.97 Å². The van der Waals surface area contributed by atoms with Gasteiger partial charge in [0.05, 0.1) is 12.1 Å². The van der Waals surface area contributed by atoms with Crippen molar-refractivity contribution < 1.29 is 14.3 Å². The second-order valence-electron chi connectivity index (χ2n) is 3.72. The van der Waals surface area contributed by atoms with Gasteiger partial charge in [-0.25, -0.2) is 9.18 Å². The van der Waals surface area contributed by atoms with Gasteiger partial charge in [0, 0.05) is 11.8 Å². The van der Waals surface area contributed by atoms with Gasteiger partial charge in [-0.3, -0.25) is 0 Å². The van der Waals surface area contributed by atoms with Crippen LogP contribution in [0.4, 0.5) is 4.39 Å². The molecule has 1 heterocycles. The zero-order valence-electron chi connectivity index (χ0n) is 9.30. The zero-order valence-corrected chi connectivity index (χ0v) is 9.30. The van der Waals surface area contributed by atoms with Crippen LogP contribution in [0.5, 0.6) is 0 Å². The Bertz CT molecular complexity index is 641. The number of carboxylic acid groups (broad SMARTS) is 1. The van der Waals surface area contributed by atoms with E-state index >= 15 is 0 Å². The van der Waals surface area contributed by atoms with Gasteiger partial charge in [0.2, 0.25) is 0 Å². The third-order valence-corrected chi connectivity index (χ3v) is 2.59. The molecule has 0 unspecified atom stereocenters. The number of nitriles is 1. The standard InChI is InChI=1S/C13H9FN2O2/c14-12-9(7-15)3-1-4-10(12)8-16-6-2-5-11(16)13(17)18/h1-6H,8H2,(H,17,18). The summed E-state index contributed by atoms with van der Waals surface area (Å²) in [5.41, 5.74) is 0.320. The van der Waals surface area contributed by atoms with Crippen LogP contribution in [0.3, 0.4) is 0 Å². The minimum absolute atomic E-state index is 0.0449. The summed E-state index contributed by atoms with van der Waals surface area (Å²) in [5.74, 6) is -1.68. The lowest BCUT2D eigenvalue weighted by atomic mass is 10.1. The normalized spacial score (nSPS) is 10.0. The number of halogens is 1. The Hall–Kier alpha value is -2.61. The van der Waals surface area contributed by atoms with Gasteiger partial charge in [-0.2, -0.15) is 5.26 Å². The monoisotopic (exact) mass is 244 g/mol. The Balaban J connectivity index is 2.38. The first-order valence-electron chi connectivity index (χ1n) is 5.19. The predicted octanol–water partition coefficient (Wildman–Crippen LogP) is 2.25. The quantitative estimate of drug-likeness (QED) is 0.900. The summed E-state index contributed by atoms with van der Waals surface area (Å²) in [5, 5.41) is 17.7. The average molecular weight is 244 g/mol. The van der Waals surface area contributed by atoms with E-state index in [0.29, 0.717) is 0 Å². The summed E-state index contributed by atoms with van der Waals surface area (Å²) < 4.78 is 15.2. The summed E-state index contributed by atoms with van der Waals surface area (Å²) >= 11 is 0. The molecule has 90 valence electrons. The molecule has 0 bridgehead atoms. The van der Waals surface area contributed by atoms with Crippen molar-refractivity contribution in [3.8, 4) is 6.07 Å². The number of nitrogens with zero attached hydrogens (tertiary/aromatic N) is 2. The Morgan fingerprint density at radius 1 is 1.39 bits per heavy atom. The highest BCUT2D eigenvalue weighted by Crippen LogP contribution is 2.15. The molecule has 2 rings (SSSR count). The molecule has 18 heavy (non-hydrogen) atoms. The number of aromatic carboxylic acids is 1. The molecule has 1 N–H and O–H groups in total. The van der Waals surface area contributed by atoms with Crippen molar-refractivity contribution in [1.82, 2.24) is 4.57 Å². The molecule has 2 aromatic rings. The number of aromatic nitrogens is 1. The number of hydrogen-bond donors (Lipinski definition) is 1. The Morgan fingerprint density at radius 2 is 2.17 bits per heavy atom. The molecule has 4 nitrogen and oxygen atoms in total. The van der Waals surface area contributed by atoms with Crippen LogP contribution in [0.25, 0.3) is 0 Å². The average Bonchev–Trinajstić information content (AvgIpc) is 2.80. The summed E-state index contributed by atoms with van der Waals surface area (Å²) in [4.78, 5) is 10.9. The topological polar surface area (TPSA) is 66.0 Å². The third-order valence-electron chi connectivity index (χ3n) is 2.59. The summed E-state index contributed by atoms with van der Waals surface area (Å²) in [6.45, 7) is 0.0794. The van der Waals surface area contributed by atoms with E-state index < -0.39 is 11.8 Å². The van der Waals surface area contributed by atoms with Crippen molar-refractivity contribution in [3.05, 3.63) is 59.2 Å². The number of carbonyl (C=O) groups is 1. The zero-order chi connectivity index (χ0) is 13.1. The van der Waals surface area contributed by atoms with E-state index in [2.05, 4.69) is 0 Å². The SMILES string of the molecule is N#Cc1cccc(Cn2cccc2C(=O)O)c1F. The van der Waals surface area contributed by atoms with Crippen LogP contribution in [-0.4, -0.2) is 15.6 Å². The van der Waals surface area contributed by atoms with Crippen molar-refractivity contribution in [2.45, 2.75) is 6.54 Å². The van der Waals surface area contributed by atoms with Crippen molar-refractivity contribution in [3.63, 3.8) is 0 Å². The van der Waals surface area contributed by atoms with Crippen LogP contribution in [0.1, 0.15) is 21.6 Å². The molecule has 0 saturated carbocycles. The van der Waals surface area contributed by atoms with Crippen LogP contribution >= 0.6 is 0 Å². The second kappa shape index (κ2) is 4.72. The Morgan fingerprint density at radius 3 is 2.83 bits per heavy atom. The smallest absolute Gasteiger partial charge is 0.352 e. The highest BCUT2D eigenvalue weighted by Gasteiger charge is 2.12. The molecular formula is C13H9FN2O2. The molecule has 0 aliphatic carbocycles. The molecule has 0 spiro atoms. The van der Waals surface area contributed by atoms with Gasteiger partial charge in [-0.15, -0.1) is 0 Å². The molecule has 5 heteroatoms. The van der Waals surface area contributed by atoms with Crippen molar-refractivity contribution >= 4 is 5.97 Å². The fourth-order valence-corrected chi connectivity index (χ4v) is 1.72. The van der Waals surface area contributed by atoms with Crippen LogP contribution in [0, 0.1) is 17.1 Å². The first-order chi connectivity index (χ1) is 8.63. The third kappa shape index (κ3) is 2.09. The molecule has 1 aromatic carbocycles. The summed E-state index contributed by atoms with van der Waals surface area (Å²) in [6.07, 6.45) is 1.56. The summed E-state index contributed by atoms with van der Waals surface area (Å²) in [7, 11) is 0. The van der Waals surface area contributed by atoms with Crippen molar-refractivity contribution in [2.24, 2.45) is 0 Å². The van der Waals surface area contributed by atoms with E-state index in [1.165, 1.54) is 22.8 Å². The number of benzene rings is 1. The van der Waals surface area contributed by atoms with E-state index in [-0.39, 0.29) is 23.4 Å². The molecule has 0 aliphatic rings. The van der Waals surface area contributed by atoms with Gasteiger partial charge in [0.1, 0.15) is 17.6 Å². The molecular weight excluding hydrogens is 235 g/mol. The lowest BCUT2D eigenvalue weighted by molar-refractivity contribution is 0.0685. The van der Waals surface area contributed by atoms with Gasteiger partial charge in [0.15, 0.2) is 0 Å². The maximum absolute atomic E-state index is 13.8. The van der Waals surface area contributed by atoms with E-state index in [4.69, 9.17) is 10.4 Å². The van der Waals surface area contributed by atoms with Crippen LogP contribution in [0.2, 0.25) is 0 Å². The fraction of sp³-hybridized carbons (Fsp3) is 0.0769. The van der Waals surface area contributed by atoms with Gasteiger partial charge in [-0.1, -0.05) is 12.1 Å². The Kier molecular flexibility index (Phi) is 3.11. The van der Waals surface area contributed by atoms with Crippen LogP contribution < -0.4 is 0 Å². The van der Waals surface area contributed by atoms with E-state index in [0.717, 1.165) is 0 Å². The van der Waals surface area contributed by atoms with E-state index in [1.807, 2.05) is 0 Å². The lowest BCUT2D eigenvalue weighted by Crippen LogP contribution is -2.09. The number of rotatable bonds is 3. The molecule has 0 amide bonds. The number of hydrogen-bond acceptors (Lipinski definition) is 2. The minimum atomic E-state index is -1.07. The largest absolute Gasteiger partial charge is 0.477 e. The van der Waals surface area contributed by atoms with Crippen LogP contribution in [-0.2, 0) is 6.54 Å². The van der Waals surface area contributed by atoms with E-state index in [9.17, 15) is 9.18 Å². The maximum Gasteiger partial charge on any atom is 0.352 e. The molecule has 0 fully saturated rings. The van der Waals surface area contributed by atoms with Crippen molar-refractivity contribution in [1.29, 1.82) is 5.26 Å². The molecule has 0 saturated heterocycles. The number of carboxylic acids is 1. The van der Waals surface area contributed by atoms with Crippen LogP contribution in [0.15, 0.2) is 36.5 Å². The minimum Gasteiger partial charge on any atom is -0.477 e. The van der Waals surface area contributed by atoms with Crippen molar-refractivity contribution in [2.75, 3.05) is 0 Å².